The molecule has 1 atom stereocenters. The van der Waals surface area contributed by atoms with Gasteiger partial charge in [0.1, 0.15) is 0 Å². The summed E-state index contributed by atoms with van der Waals surface area (Å²) in [4.78, 5) is 0. The van der Waals surface area contributed by atoms with E-state index in [9.17, 15) is 0 Å². The van der Waals surface area contributed by atoms with E-state index in [0.717, 1.165) is 13.2 Å². The molecule has 1 unspecified atom stereocenters. The summed E-state index contributed by atoms with van der Waals surface area (Å²) in [6, 6.07) is 10.9. The summed E-state index contributed by atoms with van der Waals surface area (Å²) in [5.74, 6) is 0.592. The maximum absolute atomic E-state index is 5.94. The van der Waals surface area contributed by atoms with Crippen LogP contribution in [0.1, 0.15) is 40.2 Å². The lowest BCUT2D eigenvalue weighted by Crippen LogP contribution is -2.42. The molecule has 0 radical (unpaired) electrons. The van der Waals surface area contributed by atoms with Crippen molar-refractivity contribution < 1.29 is 4.74 Å². The molecule has 0 aromatic heterocycles. The van der Waals surface area contributed by atoms with Gasteiger partial charge in [-0.05, 0) is 11.5 Å². The van der Waals surface area contributed by atoms with Crippen LogP contribution < -0.4 is 5.32 Å². The zero-order valence-electron chi connectivity index (χ0n) is 13.1. The first-order valence-corrected chi connectivity index (χ1v) is 7.29. The van der Waals surface area contributed by atoms with Crippen LogP contribution in [0.3, 0.4) is 0 Å². The Morgan fingerprint density at radius 3 is 2.26 bits per heavy atom. The van der Waals surface area contributed by atoms with Crippen LogP contribution in [0.4, 0.5) is 0 Å². The Bertz CT molecular complexity index is 348. The summed E-state index contributed by atoms with van der Waals surface area (Å²) in [5, 5.41) is 3.54. The van der Waals surface area contributed by atoms with Gasteiger partial charge in [0.05, 0.1) is 13.2 Å². The molecule has 0 heterocycles. The molecule has 0 bridgehead atoms. The van der Waals surface area contributed by atoms with Crippen LogP contribution in [-0.2, 0) is 11.3 Å². The van der Waals surface area contributed by atoms with Crippen molar-refractivity contribution in [2.24, 2.45) is 11.3 Å². The first-order chi connectivity index (χ1) is 8.94. The lowest BCUT2D eigenvalue weighted by atomic mass is 9.79. The maximum Gasteiger partial charge on any atom is 0.0717 e. The molecule has 1 N–H and O–H groups in total. The van der Waals surface area contributed by atoms with Gasteiger partial charge in [0.25, 0.3) is 0 Å². The van der Waals surface area contributed by atoms with Crippen molar-refractivity contribution in [3.63, 3.8) is 0 Å². The van der Waals surface area contributed by atoms with Gasteiger partial charge in [0.2, 0.25) is 0 Å². The third-order valence-electron chi connectivity index (χ3n) is 3.85. The Morgan fingerprint density at radius 2 is 1.74 bits per heavy atom. The average Bonchev–Trinajstić information content (AvgIpc) is 2.37. The first-order valence-electron chi connectivity index (χ1n) is 7.29. The van der Waals surface area contributed by atoms with Crippen LogP contribution in [0, 0.1) is 11.3 Å². The Kier molecular flexibility index (Phi) is 6.53. The fourth-order valence-corrected chi connectivity index (χ4v) is 1.84. The molecule has 1 aromatic carbocycles. The molecular formula is C17H29NO. The van der Waals surface area contributed by atoms with Gasteiger partial charge in [0, 0.05) is 18.0 Å². The summed E-state index contributed by atoms with van der Waals surface area (Å²) in [5.41, 5.74) is 1.42. The van der Waals surface area contributed by atoms with E-state index in [0.29, 0.717) is 18.6 Å². The molecule has 2 heteroatoms. The van der Waals surface area contributed by atoms with Crippen LogP contribution in [0.2, 0.25) is 0 Å². The van der Waals surface area contributed by atoms with E-state index in [-0.39, 0.29) is 5.41 Å². The topological polar surface area (TPSA) is 21.3 Å². The normalized spacial score (nSPS) is 14.9. The van der Waals surface area contributed by atoms with E-state index < -0.39 is 0 Å². The summed E-state index contributed by atoms with van der Waals surface area (Å²) in [6.07, 6.45) is 0. The molecule has 0 amide bonds. The van der Waals surface area contributed by atoms with E-state index in [1.54, 1.807) is 0 Å². The van der Waals surface area contributed by atoms with Crippen LogP contribution in [0.5, 0.6) is 0 Å². The van der Waals surface area contributed by atoms with E-state index in [1.807, 2.05) is 6.07 Å². The van der Waals surface area contributed by atoms with Gasteiger partial charge in [-0.1, -0.05) is 65.0 Å². The lowest BCUT2D eigenvalue weighted by molar-refractivity contribution is 0.0164. The predicted octanol–water partition coefficient (Wildman–Crippen LogP) is 3.86. The molecule has 0 fully saturated rings. The summed E-state index contributed by atoms with van der Waals surface area (Å²) < 4.78 is 5.94. The fourth-order valence-electron chi connectivity index (χ4n) is 1.84. The van der Waals surface area contributed by atoms with Crippen molar-refractivity contribution in [2.75, 3.05) is 13.2 Å². The standard InChI is InChI=1S/C17H29NO/c1-14(2)17(5,12-18-15(3)4)13-19-11-16-9-7-6-8-10-16/h6-10,14-15,18H,11-13H2,1-5H3. The van der Waals surface area contributed by atoms with Crippen LogP contribution in [-0.4, -0.2) is 19.2 Å². The van der Waals surface area contributed by atoms with Crippen molar-refractivity contribution in [3.8, 4) is 0 Å². The van der Waals surface area contributed by atoms with Gasteiger partial charge in [0.15, 0.2) is 0 Å². The molecule has 19 heavy (non-hydrogen) atoms. The number of hydrogen-bond acceptors (Lipinski definition) is 2. The number of hydrogen-bond donors (Lipinski definition) is 1. The SMILES string of the molecule is CC(C)NCC(C)(COCc1ccccc1)C(C)C. The molecule has 0 aliphatic carbocycles. The molecule has 0 spiro atoms. The third-order valence-corrected chi connectivity index (χ3v) is 3.85. The van der Waals surface area contributed by atoms with Gasteiger partial charge in [-0.2, -0.15) is 0 Å². The highest BCUT2D eigenvalue weighted by atomic mass is 16.5. The molecule has 0 aliphatic rings. The van der Waals surface area contributed by atoms with Gasteiger partial charge in [-0.15, -0.1) is 0 Å². The second kappa shape index (κ2) is 7.66. The molecular weight excluding hydrogens is 234 g/mol. The van der Waals surface area contributed by atoms with Crippen LogP contribution in [0.25, 0.3) is 0 Å². The largest absolute Gasteiger partial charge is 0.376 e. The summed E-state index contributed by atoms with van der Waals surface area (Å²) >= 11 is 0. The predicted molar refractivity (Wildman–Crippen MR) is 82.2 cm³/mol. The fraction of sp³-hybridized carbons (Fsp3) is 0.647. The Hall–Kier alpha value is -0.860. The van der Waals surface area contributed by atoms with Gasteiger partial charge in [-0.3, -0.25) is 0 Å². The van der Waals surface area contributed by atoms with E-state index >= 15 is 0 Å². The van der Waals surface area contributed by atoms with Gasteiger partial charge < -0.3 is 10.1 Å². The minimum atomic E-state index is 0.180. The number of rotatable bonds is 8. The molecule has 0 aliphatic heterocycles. The highest BCUT2D eigenvalue weighted by Crippen LogP contribution is 2.27. The third kappa shape index (κ3) is 5.75. The quantitative estimate of drug-likeness (QED) is 0.769. The number of ether oxygens (including phenoxy) is 1. The van der Waals surface area contributed by atoms with Crippen LogP contribution >= 0.6 is 0 Å². The van der Waals surface area contributed by atoms with Gasteiger partial charge >= 0.3 is 0 Å². The number of benzene rings is 1. The first kappa shape index (κ1) is 16.2. The average molecular weight is 263 g/mol. The van der Waals surface area contributed by atoms with E-state index in [4.69, 9.17) is 4.74 Å². The van der Waals surface area contributed by atoms with E-state index in [1.165, 1.54) is 5.56 Å². The van der Waals surface area contributed by atoms with Crippen molar-refractivity contribution in [1.29, 1.82) is 0 Å². The molecule has 2 nitrogen and oxygen atoms in total. The Labute approximate surface area is 118 Å². The highest BCUT2D eigenvalue weighted by molar-refractivity contribution is 5.13. The molecule has 108 valence electrons. The highest BCUT2D eigenvalue weighted by Gasteiger charge is 2.28. The van der Waals surface area contributed by atoms with Crippen molar-refractivity contribution in [1.82, 2.24) is 5.32 Å². The monoisotopic (exact) mass is 263 g/mol. The lowest BCUT2D eigenvalue weighted by Gasteiger charge is -2.34. The molecule has 0 saturated heterocycles. The van der Waals surface area contributed by atoms with Crippen molar-refractivity contribution >= 4 is 0 Å². The zero-order chi connectivity index (χ0) is 14.3. The minimum absolute atomic E-state index is 0.180. The van der Waals surface area contributed by atoms with Crippen molar-refractivity contribution in [2.45, 2.75) is 47.3 Å². The van der Waals surface area contributed by atoms with Crippen LogP contribution in [0.15, 0.2) is 30.3 Å². The zero-order valence-corrected chi connectivity index (χ0v) is 13.1. The second-order valence-corrected chi connectivity index (χ2v) is 6.32. The van der Waals surface area contributed by atoms with E-state index in [2.05, 4.69) is 64.2 Å². The second-order valence-electron chi connectivity index (χ2n) is 6.32. The Morgan fingerprint density at radius 1 is 1.11 bits per heavy atom. The van der Waals surface area contributed by atoms with Gasteiger partial charge in [-0.25, -0.2) is 0 Å². The maximum atomic E-state index is 5.94. The minimum Gasteiger partial charge on any atom is -0.376 e. The summed E-state index contributed by atoms with van der Waals surface area (Å²) in [6.45, 7) is 13.7. The Balaban J connectivity index is 2.45. The van der Waals surface area contributed by atoms with Crippen molar-refractivity contribution in [3.05, 3.63) is 35.9 Å². The molecule has 1 aromatic rings. The smallest absolute Gasteiger partial charge is 0.0717 e. The number of nitrogens with one attached hydrogen (secondary N) is 1. The molecule has 1 rings (SSSR count). The molecule has 0 saturated carbocycles. The summed E-state index contributed by atoms with van der Waals surface area (Å²) in [7, 11) is 0.